The van der Waals surface area contributed by atoms with Crippen LogP contribution in [0, 0.1) is 0 Å². The van der Waals surface area contributed by atoms with Crippen LogP contribution in [0.1, 0.15) is 6.92 Å². The van der Waals surface area contributed by atoms with Gasteiger partial charge in [-0.05, 0) is 6.92 Å². The zero-order chi connectivity index (χ0) is 7.44. The van der Waals surface area contributed by atoms with Crippen molar-refractivity contribution in [3.8, 4) is 0 Å². The predicted molar refractivity (Wildman–Crippen MR) is 41.8 cm³/mol. The van der Waals surface area contributed by atoms with Crippen molar-refractivity contribution in [2.45, 2.75) is 6.92 Å². The van der Waals surface area contributed by atoms with E-state index < -0.39 is 0 Å². The number of nitrogens with zero attached hydrogens (tertiary/aromatic N) is 1. The third kappa shape index (κ3) is 4.09. The minimum absolute atomic E-state index is 0.224. The summed E-state index contributed by atoms with van der Waals surface area (Å²) < 4.78 is 0. The van der Waals surface area contributed by atoms with E-state index in [1.807, 2.05) is 6.92 Å². The van der Waals surface area contributed by atoms with Crippen molar-refractivity contribution in [2.24, 2.45) is 0 Å². The second kappa shape index (κ2) is 3.56. The molecule has 1 amide bonds. The first-order valence-electron chi connectivity index (χ1n) is 2.62. The molecule has 0 radical (unpaired) electrons. The standard InChI is InChI=1S/C6H11NOS/c1-5(2)4-7(3)6(8)9/h1,4H2,2-3H3,(H,8,9). The summed E-state index contributed by atoms with van der Waals surface area (Å²) in [5, 5.41) is -0.224. The van der Waals surface area contributed by atoms with E-state index in [4.69, 9.17) is 0 Å². The quantitative estimate of drug-likeness (QED) is 0.461. The van der Waals surface area contributed by atoms with Gasteiger partial charge in [-0.25, -0.2) is 0 Å². The maximum absolute atomic E-state index is 10.4. The van der Waals surface area contributed by atoms with Crippen LogP contribution >= 0.6 is 12.6 Å². The third-order valence-electron chi connectivity index (χ3n) is 0.834. The molecule has 3 heteroatoms. The minimum Gasteiger partial charge on any atom is -0.333 e. The van der Waals surface area contributed by atoms with Gasteiger partial charge in [0.15, 0.2) is 0 Å². The van der Waals surface area contributed by atoms with Gasteiger partial charge in [0.25, 0.3) is 5.24 Å². The molecule has 0 saturated carbocycles. The molecule has 0 spiro atoms. The summed E-state index contributed by atoms with van der Waals surface area (Å²) in [5.74, 6) is 0. The van der Waals surface area contributed by atoms with Crippen molar-refractivity contribution < 1.29 is 4.79 Å². The van der Waals surface area contributed by atoms with E-state index in [0.29, 0.717) is 6.54 Å². The molecule has 0 aromatic carbocycles. The number of thiol groups is 1. The first-order chi connectivity index (χ1) is 4.04. The van der Waals surface area contributed by atoms with Crippen LogP contribution in [-0.2, 0) is 0 Å². The Morgan fingerprint density at radius 1 is 1.78 bits per heavy atom. The molecule has 0 aromatic heterocycles. The number of hydrogen-bond donors (Lipinski definition) is 1. The SMILES string of the molecule is C=C(C)CN(C)C(=O)S. The molecule has 0 saturated heterocycles. The molecule has 0 aliphatic carbocycles. The van der Waals surface area contributed by atoms with E-state index in [1.165, 1.54) is 4.90 Å². The Morgan fingerprint density at radius 2 is 2.22 bits per heavy atom. The Labute approximate surface area is 61.0 Å². The van der Waals surface area contributed by atoms with Gasteiger partial charge < -0.3 is 4.90 Å². The van der Waals surface area contributed by atoms with Crippen LogP contribution < -0.4 is 0 Å². The molecule has 2 nitrogen and oxygen atoms in total. The molecule has 0 heterocycles. The average Bonchev–Trinajstić information content (AvgIpc) is 1.63. The molecule has 0 rings (SSSR count). The zero-order valence-electron chi connectivity index (χ0n) is 5.72. The van der Waals surface area contributed by atoms with Gasteiger partial charge in [0, 0.05) is 13.6 Å². The lowest BCUT2D eigenvalue weighted by Crippen LogP contribution is -2.22. The van der Waals surface area contributed by atoms with E-state index >= 15 is 0 Å². The molecule has 0 aliphatic heterocycles. The molecule has 52 valence electrons. The Balaban J connectivity index is 3.63. The van der Waals surface area contributed by atoms with Crippen LogP contribution in [0.25, 0.3) is 0 Å². The number of carbonyl (C=O) groups excluding carboxylic acids is 1. The van der Waals surface area contributed by atoms with Crippen LogP contribution in [0.15, 0.2) is 12.2 Å². The van der Waals surface area contributed by atoms with E-state index in [-0.39, 0.29) is 5.24 Å². The highest BCUT2D eigenvalue weighted by molar-refractivity contribution is 7.96. The molecule has 0 aliphatic rings. The molecule has 9 heavy (non-hydrogen) atoms. The summed E-state index contributed by atoms with van der Waals surface area (Å²) in [6.45, 7) is 6.10. The zero-order valence-corrected chi connectivity index (χ0v) is 6.61. The normalized spacial score (nSPS) is 8.78. The van der Waals surface area contributed by atoms with Gasteiger partial charge in [-0.2, -0.15) is 0 Å². The largest absolute Gasteiger partial charge is 0.333 e. The number of likely N-dealkylation sites (N-methyl/N-ethyl adjacent to an activating group) is 1. The van der Waals surface area contributed by atoms with Gasteiger partial charge >= 0.3 is 0 Å². The molecule has 0 atom stereocenters. The Bertz CT molecular complexity index is 133. The maximum atomic E-state index is 10.4. The predicted octanol–water partition coefficient (Wildman–Crippen LogP) is 1.54. The molecule has 0 bridgehead atoms. The molecular formula is C6H11NOS. The Kier molecular flexibility index (Phi) is 3.39. The van der Waals surface area contributed by atoms with Crippen molar-refractivity contribution in [3.63, 3.8) is 0 Å². The van der Waals surface area contributed by atoms with Gasteiger partial charge in [0.2, 0.25) is 0 Å². The van der Waals surface area contributed by atoms with Crippen LogP contribution in [0.3, 0.4) is 0 Å². The second-order valence-electron chi connectivity index (χ2n) is 2.10. The van der Waals surface area contributed by atoms with Crippen LogP contribution in [-0.4, -0.2) is 23.7 Å². The summed E-state index contributed by atoms with van der Waals surface area (Å²) in [4.78, 5) is 11.9. The number of hydrogen-bond acceptors (Lipinski definition) is 1. The fourth-order valence-corrected chi connectivity index (χ4v) is 0.543. The first-order valence-corrected chi connectivity index (χ1v) is 3.07. The van der Waals surface area contributed by atoms with E-state index in [0.717, 1.165) is 5.57 Å². The lowest BCUT2D eigenvalue weighted by atomic mass is 10.3. The summed E-state index contributed by atoms with van der Waals surface area (Å²) in [5.41, 5.74) is 0.958. The van der Waals surface area contributed by atoms with Crippen molar-refractivity contribution in [2.75, 3.05) is 13.6 Å². The average molecular weight is 145 g/mol. The van der Waals surface area contributed by atoms with Crippen molar-refractivity contribution in [3.05, 3.63) is 12.2 Å². The van der Waals surface area contributed by atoms with Crippen LogP contribution in [0.5, 0.6) is 0 Å². The smallest absolute Gasteiger partial charge is 0.278 e. The topological polar surface area (TPSA) is 20.3 Å². The molecule has 0 aromatic rings. The second-order valence-corrected chi connectivity index (χ2v) is 2.48. The summed E-state index contributed by atoms with van der Waals surface area (Å²) >= 11 is 3.61. The fourth-order valence-electron chi connectivity index (χ4n) is 0.473. The van der Waals surface area contributed by atoms with E-state index in [2.05, 4.69) is 19.2 Å². The Morgan fingerprint density at radius 3 is 2.33 bits per heavy atom. The number of amides is 1. The van der Waals surface area contributed by atoms with Crippen LogP contribution in [0.4, 0.5) is 4.79 Å². The highest BCUT2D eigenvalue weighted by atomic mass is 32.1. The van der Waals surface area contributed by atoms with E-state index in [9.17, 15) is 4.79 Å². The lowest BCUT2D eigenvalue weighted by molar-refractivity contribution is 0.237. The van der Waals surface area contributed by atoms with Crippen molar-refractivity contribution in [1.82, 2.24) is 4.90 Å². The van der Waals surface area contributed by atoms with Gasteiger partial charge in [0.05, 0.1) is 0 Å². The maximum Gasteiger partial charge on any atom is 0.278 e. The number of carbonyl (C=O) groups is 1. The minimum atomic E-state index is -0.224. The highest BCUT2D eigenvalue weighted by Gasteiger charge is 2.00. The third-order valence-corrected chi connectivity index (χ3v) is 1.18. The lowest BCUT2D eigenvalue weighted by Gasteiger charge is -2.12. The van der Waals surface area contributed by atoms with Crippen molar-refractivity contribution in [1.29, 1.82) is 0 Å². The van der Waals surface area contributed by atoms with Gasteiger partial charge in [-0.15, -0.1) is 0 Å². The first kappa shape index (κ1) is 8.56. The fraction of sp³-hybridized carbons (Fsp3) is 0.500. The molecule has 0 N–H and O–H groups in total. The van der Waals surface area contributed by atoms with Crippen LogP contribution in [0.2, 0.25) is 0 Å². The summed E-state index contributed by atoms with van der Waals surface area (Å²) in [6.07, 6.45) is 0. The van der Waals surface area contributed by atoms with E-state index in [1.54, 1.807) is 7.05 Å². The summed E-state index contributed by atoms with van der Waals surface area (Å²) in [7, 11) is 1.68. The number of rotatable bonds is 2. The van der Waals surface area contributed by atoms with Gasteiger partial charge in [-0.3, -0.25) is 4.79 Å². The summed E-state index contributed by atoms with van der Waals surface area (Å²) in [6, 6.07) is 0. The molecular weight excluding hydrogens is 134 g/mol. The molecule has 0 fully saturated rings. The Hall–Kier alpha value is -0.440. The monoisotopic (exact) mass is 145 g/mol. The van der Waals surface area contributed by atoms with Crippen molar-refractivity contribution >= 4 is 17.9 Å². The highest BCUT2D eigenvalue weighted by Crippen LogP contribution is 1.95. The van der Waals surface area contributed by atoms with Gasteiger partial charge in [0.1, 0.15) is 0 Å². The molecule has 0 unspecified atom stereocenters. The van der Waals surface area contributed by atoms with Gasteiger partial charge in [-0.1, -0.05) is 24.8 Å².